The minimum absolute atomic E-state index is 0.00616. The number of fused-ring (bicyclic) bond motifs is 1. The summed E-state index contributed by atoms with van der Waals surface area (Å²) in [5.74, 6) is 0.372. The summed E-state index contributed by atoms with van der Waals surface area (Å²) in [7, 11) is -0.764. The molecule has 28 heavy (non-hydrogen) atoms. The quantitative estimate of drug-likeness (QED) is 0.585. The van der Waals surface area contributed by atoms with Gasteiger partial charge in [0.25, 0.3) is 5.56 Å². The summed E-state index contributed by atoms with van der Waals surface area (Å²) in [5, 5.41) is 5.89. The van der Waals surface area contributed by atoms with Crippen molar-refractivity contribution in [1.82, 2.24) is 18.7 Å². The first-order valence-electron chi connectivity index (χ1n) is 8.55. The van der Waals surface area contributed by atoms with Crippen molar-refractivity contribution in [2.45, 2.75) is 35.7 Å². The number of hydrogen-bond donors (Lipinski definition) is 1. The van der Waals surface area contributed by atoms with Crippen LogP contribution in [0.2, 0.25) is 0 Å². The molecule has 3 aromatic rings. The zero-order valence-corrected chi connectivity index (χ0v) is 17.4. The Bertz CT molecular complexity index is 1270. The SMILES string of the molecule is CCCn1c(SCc2cc(=O)n(C)c(=O)n2C)nc2cc(S(N)(=O)=O)ccc21. The second-order valence-electron chi connectivity index (χ2n) is 6.40. The van der Waals surface area contributed by atoms with E-state index in [1.807, 2.05) is 11.5 Å². The lowest BCUT2D eigenvalue weighted by Gasteiger charge is -2.10. The number of hydrogen-bond acceptors (Lipinski definition) is 6. The van der Waals surface area contributed by atoms with E-state index in [0.29, 0.717) is 28.7 Å². The largest absolute Gasteiger partial charge is 0.330 e. The highest BCUT2D eigenvalue weighted by Gasteiger charge is 2.16. The van der Waals surface area contributed by atoms with Crippen molar-refractivity contribution in [1.29, 1.82) is 0 Å². The molecule has 0 saturated carbocycles. The second-order valence-corrected chi connectivity index (χ2v) is 8.91. The van der Waals surface area contributed by atoms with Gasteiger partial charge in [-0.2, -0.15) is 0 Å². The average molecular weight is 424 g/mol. The van der Waals surface area contributed by atoms with Crippen molar-refractivity contribution in [3.63, 3.8) is 0 Å². The lowest BCUT2D eigenvalue weighted by molar-refractivity contribution is 0.598. The van der Waals surface area contributed by atoms with Crippen LogP contribution in [0.1, 0.15) is 19.0 Å². The summed E-state index contributed by atoms with van der Waals surface area (Å²) in [4.78, 5) is 28.6. The third kappa shape index (κ3) is 3.77. The lowest BCUT2D eigenvalue weighted by Crippen LogP contribution is -2.37. The van der Waals surface area contributed by atoms with Gasteiger partial charge < -0.3 is 4.57 Å². The molecule has 2 heterocycles. The van der Waals surface area contributed by atoms with Gasteiger partial charge in [-0.25, -0.2) is 23.3 Å². The number of aromatic nitrogens is 4. The molecule has 0 spiro atoms. The molecule has 0 saturated heterocycles. The number of nitrogens with two attached hydrogens (primary N) is 1. The van der Waals surface area contributed by atoms with E-state index in [-0.39, 0.29) is 16.1 Å². The number of nitrogens with zero attached hydrogens (tertiary/aromatic N) is 4. The second kappa shape index (κ2) is 7.57. The Hall–Kier alpha value is -2.37. The van der Waals surface area contributed by atoms with Crippen LogP contribution < -0.4 is 16.4 Å². The predicted molar refractivity (Wildman–Crippen MR) is 108 cm³/mol. The van der Waals surface area contributed by atoms with Gasteiger partial charge in [0.1, 0.15) is 0 Å². The molecule has 9 nitrogen and oxygen atoms in total. The van der Waals surface area contributed by atoms with Crippen molar-refractivity contribution in [2.75, 3.05) is 0 Å². The van der Waals surface area contributed by atoms with Gasteiger partial charge in [0.15, 0.2) is 5.16 Å². The molecule has 2 N–H and O–H groups in total. The van der Waals surface area contributed by atoms with Crippen LogP contribution >= 0.6 is 11.8 Å². The molecule has 0 bridgehead atoms. The Kier molecular flexibility index (Phi) is 5.50. The average Bonchev–Trinajstić information content (AvgIpc) is 2.98. The molecule has 150 valence electrons. The van der Waals surface area contributed by atoms with Gasteiger partial charge in [-0.15, -0.1) is 0 Å². The summed E-state index contributed by atoms with van der Waals surface area (Å²) in [5.41, 5.74) is 1.16. The first kappa shape index (κ1) is 20.4. The van der Waals surface area contributed by atoms with Crippen LogP contribution in [0.3, 0.4) is 0 Å². The van der Waals surface area contributed by atoms with Gasteiger partial charge in [0.2, 0.25) is 10.0 Å². The topological polar surface area (TPSA) is 122 Å². The fraction of sp³-hybridized carbons (Fsp3) is 0.353. The maximum Gasteiger partial charge on any atom is 0.330 e. The molecule has 0 radical (unpaired) electrons. The number of rotatable bonds is 6. The Balaban J connectivity index is 2.02. The Morgan fingerprint density at radius 3 is 2.50 bits per heavy atom. The standard InChI is InChI=1S/C17H21N5O4S2/c1-4-7-22-14-6-5-12(28(18,25)26)9-13(14)19-16(22)27-10-11-8-15(23)21(3)17(24)20(11)2/h5-6,8-9H,4,7,10H2,1-3H3,(H2,18,25,26). The van der Waals surface area contributed by atoms with Gasteiger partial charge in [0, 0.05) is 38.2 Å². The first-order valence-corrected chi connectivity index (χ1v) is 11.1. The molecular weight excluding hydrogens is 402 g/mol. The van der Waals surface area contributed by atoms with Crippen LogP contribution in [-0.2, 0) is 36.4 Å². The van der Waals surface area contributed by atoms with Crippen molar-refractivity contribution >= 4 is 32.8 Å². The summed E-state index contributed by atoms with van der Waals surface area (Å²) in [6.45, 7) is 2.73. The van der Waals surface area contributed by atoms with E-state index in [2.05, 4.69) is 4.98 Å². The van der Waals surface area contributed by atoms with Gasteiger partial charge in [-0.1, -0.05) is 18.7 Å². The fourth-order valence-electron chi connectivity index (χ4n) is 2.87. The third-order valence-electron chi connectivity index (χ3n) is 4.43. The fourth-order valence-corrected chi connectivity index (χ4v) is 4.47. The normalized spacial score (nSPS) is 12.0. The summed E-state index contributed by atoms with van der Waals surface area (Å²) >= 11 is 1.38. The Morgan fingerprint density at radius 1 is 1.14 bits per heavy atom. The minimum atomic E-state index is -3.82. The van der Waals surface area contributed by atoms with Crippen molar-refractivity contribution in [3.8, 4) is 0 Å². The monoisotopic (exact) mass is 423 g/mol. The van der Waals surface area contributed by atoms with Gasteiger partial charge >= 0.3 is 5.69 Å². The van der Waals surface area contributed by atoms with Crippen LogP contribution in [0.15, 0.2) is 43.9 Å². The molecule has 0 amide bonds. The molecule has 0 atom stereocenters. The van der Waals surface area contributed by atoms with E-state index in [1.54, 1.807) is 13.1 Å². The molecular formula is C17H21N5O4S2. The van der Waals surface area contributed by atoms with Gasteiger partial charge in [0.05, 0.1) is 15.9 Å². The zero-order chi connectivity index (χ0) is 20.6. The summed E-state index contributed by atoms with van der Waals surface area (Å²) in [6.07, 6.45) is 0.861. The highest BCUT2D eigenvalue weighted by molar-refractivity contribution is 7.98. The molecule has 0 fully saturated rings. The molecule has 0 aliphatic carbocycles. The molecule has 0 aliphatic rings. The Morgan fingerprint density at radius 2 is 1.86 bits per heavy atom. The summed E-state index contributed by atoms with van der Waals surface area (Å²) in [6, 6.07) is 6.04. The molecule has 2 aromatic heterocycles. The van der Waals surface area contributed by atoms with Crippen molar-refractivity contribution < 1.29 is 8.42 Å². The van der Waals surface area contributed by atoms with Crippen molar-refractivity contribution in [2.24, 2.45) is 19.2 Å². The number of benzene rings is 1. The van der Waals surface area contributed by atoms with Crippen LogP contribution in [0, 0.1) is 0 Å². The third-order valence-corrected chi connectivity index (χ3v) is 6.36. The first-order chi connectivity index (χ1) is 13.1. The zero-order valence-electron chi connectivity index (χ0n) is 15.7. The highest BCUT2D eigenvalue weighted by Crippen LogP contribution is 2.28. The number of sulfonamides is 1. The Labute approximate surface area is 165 Å². The van der Waals surface area contributed by atoms with E-state index >= 15 is 0 Å². The van der Waals surface area contributed by atoms with Gasteiger partial charge in [-0.05, 0) is 24.6 Å². The van der Waals surface area contributed by atoms with E-state index in [4.69, 9.17) is 5.14 Å². The number of imidazole rings is 1. The van der Waals surface area contributed by atoms with Gasteiger partial charge in [-0.3, -0.25) is 13.9 Å². The lowest BCUT2D eigenvalue weighted by atomic mass is 10.3. The van der Waals surface area contributed by atoms with Crippen LogP contribution in [-0.4, -0.2) is 27.1 Å². The van der Waals surface area contributed by atoms with E-state index in [1.165, 1.54) is 41.6 Å². The molecule has 3 rings (SSSR count). The van der Waals surface area contributed by atoms with E-state index in [9.17, 15) is 18.0 Å². The number of aryl methyl sites for hydroxylation is 1. The van der Waals surface area contributed by atoms with E-state index in [0.717, 1.165) is 16.5 Å². The summed E-state index contributed by atoms with van der Waals surface area (Å²) < 4.78 is 27.7. The number of primary sulfonamides is 1. The maximum absolute atomic E-state index is 12.1. The molecule has 0 aliphatic heterocycles. The van der Waals surface area contributed by atoms with Crippen LogP contribution in [0.5, 0.6) is 0 Å². The molecule has 1 aromatic carbocycles. The minimum Gasteiger partial charge on any atom is -0.319 e. The number of thioether (sulfide) groups is 1. The smallest absolute Gasteiger partial charge is 0.319 e. The maximum atomic E-state index is 12.1. The highest BCUT2D eigenvalue weighted by atomic mass is 32.2. The molecule has 0 unspecified atom stereocenters. The van der Waals surface area contributed by atoms with Crippen molar-refractivity contribution in [3.05, 3.63) is 50.8 Å². The van der Waals surface area contributed by atoms with Crippen LogP contribution in [0.4, 0.5) is 0 Å². The molecule has 11 heteroatoms. The predicted octanol–water partition coefficient (Wildman–Crippen LogP) is 0.783. The van der Waals surface area contributed by atoms with E-state index < -0.39 is 10.0 Å². The van der Waals surface area contributed by atoms with Crippen LogP contribution in [0.25, 0.3) is 11.0 Å².